The Labute approximate surface area is 247 Å². The summed E-state index contributed by atoms with van der Waals surface area (Å²) in [5.74, 6) is -0.0933. The fraction of sp³-hybridized carbons (Fsp3) is 0.212. The van der Waals surface area contributed by atoms with Gasteiger partial charge in [0.05, 0.1) is 23.9 Å². The van der Waals surface area contributed by atoms with E-state index in [1.807, 2.05) is 54.6 Å². The van der Waals surface area contributed by atoms with Gasteiger partial charge < -0.3 is 25.2 Å². The molecule has 7 nitrogen and oxygen atoms in total. The summed E-state index contributed by atoms with van der Waals surface area (Å²) in [7, 11) is 1.65. The third kappa shape index (κ3) is 7.09. The van der Waals surface area contributed by atoms with Crippen molar-refractivity contribution < 1.29 is 27.5 Å². The maximum absolute atomic E-state index is 13.5. The Hall–Kier alpha value is -4.99. The molecule has 5 rings (SSSR count). The Kier molecular flexibility index (Phi) is 8.85. The average Bonchev–Trinajstić information content (AvgIpc) is 3.04. The van der Waals surface area contributed by atoms with E-state index in [0.29, 0.717) is 44.0 Å². The van der Waals surface area contributed by atoms with Crippen LogP contribution in [-0.2, 0) is 12.7 Å². The maximum Gasteiger partial charge on any atom is 0.416 e. The van der Waals surface area contributed by atoms with Crippen LogP contribution in [0, 0.1) is 0 Å². The van der Waals surface area contributed by atoms with Gasteiger partial charge in [-0.1, -0.05) is 42.5 Å². The molecule has 222 valence electrons. The summed E-state index contributed by atoms with van der Waals surface area (Å²) in [5, 5.41) is 5.68. The minimum Gasteiger partial charge on any atom is -0.495 e. The normalized spacial score (nSPS) is 13.4. The van der Waals surface area contributed by atoms with Crippen molar-refractivity contribution in [3.8, 4) is 5.75 Å². The molecule has 0 radical (unpaired) electrons. The van der Waals surface area contributed by atoms with Crippen molar-refractivity contribution in [2.45, 2.75) is 12.7 Å². The lowest BCUT2D eigenvalue weighted by Crippen LogP contribution is -2.47. The first-order valence-corrected chi connectivity index (χ1v) is 13.8. The average molecular weight is 589 g/mol. The number of amides is 2. The van der Waals surface area contributed by atoms with E-state index in [-0.39, 0.29) is 11.5 Å². The van der Waals surface area contributed by atoms with Crippen LogP contribution >= 0.6 is 0 Å². The highest BCUT2D eigenvalue weighted by Crippen LogP contribution is 2.32. The standard InChI is InChI=1S/C33H31F3N4O3/c1-43-30-10-6-5-9-29(30)40-19-17-39(18-20-40)28-16-15-26(21-27(28)32(42)37-22-23-7-3-2-4-8-23)38-31(41)24-11-13-25(14-12-24)33(34,35)36/h2-16,21H,17-20,22H2,1H3,(H,37,42)(H,38,41). The Balaban J connectivity index is 1.36. The van der Waals surface area contributed by atoms with Crippen LogP contribution in [0.15, 0.2) is 97.1 Å². The number of nitrogens with zero attached hydrogens (tertiary/aromatic N) is 2. The Morgan fingerprint density at radius 1 is 0.767 bits per heavy atom. The number of rotatable bonds is 8. The number of benzene rings is 4. The number of para-hydroxylation sites is 2. The fourth-order valence-corrected chi connectivity index (χ4v) is 5.04. The summed E-state index contributed by atoms with van der Waals surface area (Å²) in [6, 6.07) is 26.4. The summed E-state index contributed by atoms with van der Waals surface area (Å²) in [5.41, 5.74) is 2.63. The van der Waals surface area contributed by atoms with Gasteiger partial charge in [-0.25, -0.2) is 0 Å². The first-order chi connectivity index (χ1) is 20.7. The van der Waals surface area contributed by atoms with Crippen LogP contribution in [0.2, 0.25) is 0 Å². The molecule has 43 heavy (non-hydrogen) atoms. The van der Waals surface area contributed by atoms with E-state index in [9.17, 15) is 22.8 Å². The second-order valence-electron chi connectivity index (χ2n) is 10.1. The summed E-state index contributed by atoms with van der Waals surface area (Å²) in [6.07, 6.45) is -4.49. The van der Waals surface area contributed by atoms with E-state index in [1.165, 1.54) is 0 Å². The van der Waals surface area contributed by atoms with E-state index < -0.39 is 17.6 Å². The summed E-state index contributed by atoms with van der Waals surface area (Å²) in [6.45, 7) is 3.03. The van der Waals surface area contributed by atoms with E-state index >= 15 is 0 Å². The fourth-order valence-electron chi connectivity index (χ4n) is 5.04. The molecule has 0 aromatic heterocycles. The first kappa shape index (κ1) is 29.5. The number of carbonyl (C=O) groups excluding carboxylic acids is 2. The lowest BCUT2D eigenvalue weighted by atomic mass is 10.1. The van der Waals surface area contributed by atoms with Gasteiger partial charge in [0.2, 0.25) is 0 Å². The topological polar surface area (TPSA) is 73.9 Å². The summed E-state index contributed by atoms with van der Waals surface area (Å²) < 4.78 is 44.4. The first-order valence-electron chi connectivity index (χ1n) is 13.8. The largest absolute Gasteiger partial charge is 0.495 e. The lowest BCUT2D eigenvalue weighted by Gasteiger charge is -2.38. The van der Waals surface area contributed by atoms with Gasteiger partial charge in [-0.2, -0.15) is 13.2 Å². The van der Waals surface area contributed by atoms with Gasteiger partial charge in [0.15, 0.2) is 0 Å². The SMILES string of the molecule is COc1ccccc1N1CCN(c2ccc(NC(=O)c3ccc(C(F)(F)F)cc3)cc2C(=O)NCc2ccccc2)CC1. The van der Waals surface area contributed by atoms with Gasteiger partial charge in [-0.05, 0) is 60.2 Å². The molecule has 2 amide bonds. The number of hydrogen-bond donors (Lipinski definition) is 2. The molecule has 0 aliphatic carbocycles. The Morgan fingerprint density at radius 3 is 2.05 bits per heavy atom. The van der Waals surface area contributed by atoms with Gasteiger partial charge in [-0.3, -0.25) is 9.59 Å². The quantitative estimate of drug-likeness (QED) is 0.256. The highest BCUT2D eigenvalue weighted by atomic mass is 19.4. The number of halogens is 3. The molecule has 1 heterocycles. The zero-order chi connectivity index (χ0) is 30.4. The maximum atomic E-state index is 13.5. The highest BCUT2D eigenvalue weighted by Gasteiger charge is 2.30. The molecule has 0 spiro atoms. The van der Waals surface area contributed by atoms with E-state index in [0.717, 1.165) is 47.0 Å². The molecule has 4 aromatic carbocycles. The number of hydrogen-bond acceptors (Lipinski definition) is 5. The van der Waals surface area contributed by atoms with Gasteiger partial charge in [0.1, 0.15) is 5.75 Å². The third-order valence-electron chi connectivity index (χ3n) is 7.32. The van der Waals surface area contributed by atoms with E-state index in [2.05, 4.69) is 20.4 Å². The smallest absolute Gasteiger partial charge is 0.416 e. The predicted molar refractivity (Wildman–Crippen MR) is 161 cm³/mol. The van der Waals surface area contributed by atoms with Crippen LogP contribution in [-0.4, -0.2) is 45.1 Å². The molecular weight excluding hydrogens is 557 g/mol. The minimum atomic E-state index is -4.49. The second-order valence-corrected chi connectivity index (χ2v) is 10.1. The van der Waals surface area contributed by atoms with Crippen LogP contribution in [0.1, 0.15) is 31.8 Å². The van der Waals surface area contributed by atoms with Crippen molar-refractivity contribution >= 4 is 28.9 Å². The number of ether oxygens (including phenoxy) is 1. The molecule has 1 aliphatic rings. The lowest BCUT2D eigenvalue weighted by molar-refractivity contribution is -0.137. The van der Waals surface area contributed by atoms with Gasteiger partial charge in [-0.15, -0.1) is 0 Å². The zero-order valence-corrected chi connectivity index (χ0v) is 23.5. The van der Waals surface area contributed by atoms with Crippen LogP contribution in [0.4, 0.5) is 30.2 Å². The van der Waals surface area contributed by atoms with Crippen molar-refractivity contribution in [2.24, 2.45) is 0 Å². The van der Waals surface area contributed by atoms with Crippen molar-refractivity contribution in [1.29, 1.82) is 0 Å². The molecule has 0 unspecified atom stereocenters. The molecule has 2 N–H and O–H groups in total. The molecule has 10 heteroatoms. The number of anilines is 3. The van der Waals surface area contributed by atoms with Crippen LogP contribution in [0.5, 0.6) is 5.75 Å². The van der Waals surface area contributed by atoms with Gasteiger partial charge in [0.25, 0.3) is 11.8 Å². The Morgan fingerprint density at radius 2 is 1.40 bits per heavy atom. The van der Waals surface area contributed by atoms with Crippen LogP contribution in [0.3, 0.4) is 0 Å². The van der Waals surface area contributed by atoms with Crippen LogP contribution < -0.4 is 25.2 Å². The van der Waals surface area contributed by atoms with E-state index in [1.54, 1.807) is 25.3 Å². The van der Waals surface area contributed by atoms with Gasteiger partial charge >= 0.3 is 6.18 Å². The van der Waals surface area contributed by atoms with Crippen molar-refractivity contribution in [3.05, 3.63) is 119 Å². The van der Waals surface area contributed by atoms with Crippen molar-refractivity contribution in [3.63, 3.8) is 0 Å². The number of piperazine rings is 1. The number of methoxy groups -OCH3 is 1. The van der Waals surface area contributed by atoms with Crippen molar-refractivity contribution in [2.75, 3.05) is 48.4 Å². The molecule has 0 atom stereocenters. The molecule has 0 saturated carbocycles. The minimum absolute atomic E-state index is 0.0691. The molecule has 1 fully saturated rings. The van der Waals surface area contributed by atoms with Crippen LogP contribution in [0.25, 0.3) is 0 Å². The summed E-state index contributed by atoms with van der Waals surface area (Å²) in [4.78, 5) is 30.7. The monoisotopic (exact) mass is 588 g/mol. The molecule has 1 saturated heterocycles. The number of alkyl halides is 3. The second kappa shape index (κ2) is 12.9. The van der Waals surface area contributed by atoms with E-state index in [4.69, 9.17) is 4.74 Å². The molecular formula is C33H31F3N4O3. The summed E-state index contributed by atoms with van der Waals surface area (Å²) >= 11 is 0. The third-order valence-corrected chi connectivity index (χ3v) is 7.32. The Bertz CT molecular complexity index is 1570. The molecule has 4 aromatic rings. The molecule has 1 aliphatic heterocycles. The zero-order valence-electron chi connectivity index (χ0n) is 23.5. The highest BCUT2D eigenvalue weighted by molar-refractivity contribution is 6.06. The molecule has 0 bridgehead atoms. The number of carbonyl (C=O) groups is 2. The van der Waals surface area contributed by atoms with Crippen molar-refractivity contribution in [1.82, 2.24) is 5.32 Å². The van der Waals surface area contributed by atoms with Gasteiger partial charge in [0, 0.05) is 49.7 Å². The predicted octanol–water partition coefficient (Wildman–Crippen LogP) is 6.22. The number of nitrogens with one attached hydrogen (secondary N) is 2.